The summed E-state index contributed by atoms with van der Waals surface area (Å²) >= 11 is 1.40. The van der Waals surface area contributed by atoms with E-state index in [4.69, 9.17) is 0 Å². The van der Waals surface area contributed by atoms with Crippen molar-refractivity contribution < 1.29 is 15.3 Å². The zero-order chi connectivity index (χ0) is 16.6. The van der Waals surface area contributed by atoms with Gasteiger partial charge in [-0.1, -0.05) is 11.8 Å². The van der Waals surface area contributed by atoms with Crippen LogP contribution in [0, 0.1) is 0 Å². The average Bonchev–Trinajstić information content (AvgIpc) is 2.53. The van der Waals surface area contributed by atoms with E-state index in [1.807, 2.05) is 11.2 Å². The van der Waals surface area contributed by atoms with Crippen LogP contribution in [0.4, 0.5) is 0 Å². The fourth-order valence-electron chi connectivity index (χ4n) is 2.67. The fraction of sp³-hybridized carbons (Fsp3) is 0.333. The number of hydrogen-bond donors (Lipinski definition) is 4. The second kappa shape index (κ2) is 6.13. The van der Waals surface area contributed by atoms with E-state index in [0.29, 0.717) is 42.3 Å². The quantitative estimate of drug-likeness (QED) is 0.288. The molecule has 2 aromatic rings. The van der Waals surface area contributed by atoms with Gasteiger partial charge in [0.15, 0.2) is 16.7 Å². The maximum Gasteiger partial charge on any atom is 0.256 e. The molecule has 0 bridgehead atoms. The number of H-pyrrole nitrogens is 1. The van der Waals surface area contributed by atoms with Gasteiger partial charge in [-0.3, -0.25) is 9.69 Å². The lowest BCUT2D eigenvalue weighted by Crippen LogP contribution is -2.35. The number of thioether (sulfide) groups is 1. The molecule has 0 spiro atoms. The molecule has 8 heteroatoms. The number of fused-ring (bicyclic) bond motifs is 1. The smallest absolute Gasteiger partial charge is 0.256 e. The van der Waals surface area contributed by atoms with Crippen LogP contribution in [0.2, 0.25) is 0 Å². The van der Waals surface area contributed by atoms with Crippen LogP contribution in [0.15, 0.2) is 22.1 Å². The summed E-state index contributed by atoms with van der Waals surface area (Å²) in [7, 11) is 0. The second-order valence-electron chi connectivity index (χ2n) is 5.43. The molecule has 0 fully saturated rings. The number of nitrogens with one attached hydrogen (secondary N) is 1. The van der Waals surface area contributed by atoms with Gasteiger partial charge in [0.2, 0.25) is 0 Å². The Balaban J connectivity index is 1.83. The van der Waals surface area contributed by atoms with Gasteiger partial charge in [0, 0.05) is 37.7 Å². The maximum absolute atomic E-state index is 12.1. The molecule has 0 unspecified atom stereocenters. The van der Waals surface area contributed by atoms with Crippen LogP contribution in [0.25, 0.3) is 0 Å². The monoisotopic (exact) mass is 335 g/mol. The van der Waals surface area contributed by atoms with Crippen molar-refractivity contribution in [3.63, 3.8) is 0 Å². The molecule has 0 aliphatic carbocycles. The van der Waals surface area contributed by atoms with E-state index in [1.54, 1.807) is 0 Å². The molecule has 1 aliphatic heterocycles. The van der Waals surface area contributed by atoms with E-state index < -0.39 is 0 Å². The lowest BCUT2D eigenvalue weighted by Gasteiger charge is -2.27. The van der Waals surface area contributed by atoms with Gasteiger partial charge >= 0.3 is 0 Å². The SMILES string of the molecule is CSc1nc2c(c(=O)[nH]1)CN(Cc1cc(O)c(O)cc1O)CC2. The summed E-state index contributed by atoms with van der Waals surface area (Å²) in [4.78, 5) is 21.3. The summed E-state index contributed by atoms with van der Waals surface area (Å²) in [5.74, 6) is -0.726. The van der Waals surface area contributed by atoms with Crippen molar-refractivity contribution in [1.29, 1.82) is 0 Å². The summed E-state index contributed by atoms with van der Waals surface area (Å²) in [5, 5.41) is 29.4. The number of nitrogens with zero attached hydrogens (tertiary/aromatic N) is 2. The van der Waals surface area contributed by atoms with Gasteiger partial charge in [0.1, 0.15) is 5.75 Å². The van der Waals surface area contributed by atoms with Gasteiger partial charge in [0.25, 0.3) is 5.56 Å². The average molecular weight is 335 g/mol. The third-order valence-corrected chi connectivity index (χ3v) is 4.47. The Morgan fingerprint density at radius 2 is 2.00 bits per heavy atom. The molecule has 1 aliphatic rings. The highest BCUT2D eigenvalue weighted by molar-refractivity contribution is 7.98. The summed E-state index contributed by atoms with van der Waals surface area (Å²) in [6, 6.07) is 2.45. The number of phenols is 3. The van der Waals surface area contributed by atoms with Crippen molar-refractivity contribution in [3.8, 4) is 17.2 Å². The zero-order valence-electron chi connectivity index (χ0n) is 12.5. The largest absolute Gasteiger partial charge is 0.507 e. The van der Waals surface area contributed by atoms with Gasteiger partial charge in [-0.2, -0.15) is 0 Å². The van der Waals surface area contributed by atoms with E-state index in [1.165, 1.54) is 17.8 Å². The van der Waals surface area contributed by atoms with Crippen LogP contribution in [0.5, 0.6) is 17.2 Å². The van der Waals surface area contributed by atoms with Crippen molar-refractivity contribution in [3.05, 3.63) is 39.3 Å². The summed E-state index contributed by atoms with van der Waals surface area (Å²) < 4.78 is 0. The normalized spacial score (nSPS) is 14.7. The standard InChI is InChI=1S/C15H17N3O4S/c1-23-15-16-10-2-3-18(7-9(10)14(22)17-15)6-8-4-12(20)13(21)5-11(8)19/h4-5,19-21H,2-3,6-7H2,1H3,(H,16,17,22). The summed E-state index contributed by atoms with van der Waals surface area (Å²) in [6.07, 6.45) is 2.51. The number of benzene rings is 1. The topological polar surface area (TPSA) is 110 Å². The molecular weight excluding hydrogens is 318 g/mol. The van der Waals surface area contributed by atoms with Gasteiger partial charge in [-0.05, 0) is 12.3 Å². The second-order valence-corrected chi connectivity index (χ2v) is 6.23. The molecule has 0 saturated heterocycles. The highest BCUT2D eigenvalue weighted by atomic mass is 32.2. The maximum atomic E-state index is 12.1. The Morgan fingerprint density at radius 3 is 2.74 bits per heavy atom. The molecule has 23 heavy (non-hydrogen) atoms. The van der Waals surface area contributed by atoms with Crippen molar-refractivity contribution in [2.45, 2.75) is 24.7 Å². The lowest BCUT2D eigenvalue weighted by atomic mass is 10.1. The number of hydrogen-bond acceptors (Lipinski definition) is 7. The van der Waals surface area contributed by atoms with E-state index in [0.717, 1.165) is 11.8 Å². The Labute approximate surface area is 136 Å². The molecule has 122 valence electrons. The van der Waals surface area contributed by atoms with Gasteiger partial charge < -0.3 is 20.3 Å². The Morgan fingerprint density at radius 1 is 1.26 bits per heavy atom. The van der Waals surface area contributed by atoms with E-state index in [-0.39, 0.29) is 22.8 Å². The third kappa shape index (κ3) is 3.13. The molecule has 0 saturated carbocycles. The molecule has 7 nitrogen and oxygen atoms in total. The van der Waals surface area contributed by atoms with Crippen molar-refractivity contribution >= 4 is 11.8 Å². The third-order valence-electron chi connectivity index (χ3n) is 3.89. The fourth-order valence-corrected chi connectivity index (χ4v) is 3.06. The van der Waals surface area contributed by atoms with E-state index in [2.05, 4.69) is 9.97 Å². The Bertz CT molecular complexity index is 806. The number of phenolic OH excluding ortho intramolecular Hbond substituents is 3. The highest BCUT2D eigenvalue weighted by Gasteiger charge is 2.22. The minimum Gasteiger partial charge on any atom is -0.507 e. The first kappa shape index (κ1) is 15.7. The van der Waals surface area contributed by atoms with Crippen molar-refractivity contribution in [2.24, 2.45) is 0 Å². The van der Waals surface area contributed by atoms with Crippen LogP contribution in [-0.2, 0) is 19.5 Å². The van der Waals surface area contributed by atoms with Crippen LogP contribution >= 0.6 is 11.8 Å². The molecule has 2 heterocycles. The van der Waals surface area contributed by atoms with Crippen LogP contribution in [-0.4, -0.2) is 43.0 Å². The molecule has 0 atom stereocenters. The predicted octanol–water partition coefficient (Wildman–Crippen LogP) is 1.17. The molecule has 1 aromatic carbocycles. The van der Waals surface area contributed by atoms with Crippen LogP contribution in [0.3, 0.4) is 0 Å². The minimum absolute atomic E-state index is 0.0872. The molecule has 3 rings (SSSR count). The first-order valence-corrected chi connectivity index (χ1v) is 8.32. The number of rotatable bonds is 3. The van der Waals surface area contributed by atoms with Crippen molar-refractivity contribution in [2.75, 3.05) is 12.8 Å². The lowest BCUT2D eigenvalue weighted by molar-refractivity contribution is 0.237. The summed E-state index contributed by atoms with van der Waals surface area (Å²) in [6.45, 7) is 1.48. The predicted molar refractivity (Wildman–Crippen MR) is 85.9 cm³/mol. The zero-order valence-corrected chi connectivity index (χ0v) is 13.4. The molecular formula is C15H17N3O4S. The first-order valence-electron chi connectivity index (χ1n) is 7.10. The number of aromatic amines is 1. The van der Waals surface area contributed by atoms with Gasteiger partial charge in [-0.15, -0.1) is 0 Å². The van der Waals surface area contributed by atoms with E-state index in [9.17, 15) is 20.1 Å². The summed E-state index contributed by atoms with van der Waals surface area (Å²) in [5.41, 5.74) is 1.80. The molecule has 0 amide bonds. The number of aromatic hydroxyl groups is 3. The highest BCUT2D eigenvalue weighted by Crippen LogP contribution is 2.33. The van der Waals surface area contributed by atoms with Crippen LogP contribution in [0.1, 0.15) is 16.8 Å². The molecule has 4 N–H and O–H groups in total. The first-order chi connectivity index (χ1) is 11.0. The molecule has 1 aromatic heterocycles. The van der Waals surface area contributed by atoms with Gasteiger partial charge in [-0.25, -0.2) is 4.98 Å². The van der Waals surface area contributed by atoms with Crippen molar-refractivity contribution in [1.82, 2.24) is 14.9 Å². The minimum atomic E-state index is -0.361. The van der Waals surface area contributed by atoms with Crippen LogP contribution < -0.4 is 5.56 Å². The molecule has 0 radical (unpaired) electrons. The Hall–Kier alpha value is -2.19. The number of aromatic nitrogens is 2. The Kier molecular flexibility index (Phi) is 4.18. The van der Waals surface area contributed by atoms with E-state index >= 15 is 0 Å². The van der Waals surface area contributed by atoms with Gasteiger partial charge in [0.05, 0.1) is 11.3 Å².